The van der Waals surface area contributed by atoms with Gasteiger partial charge in [0.15, 0.2) is 11.4 Å². The fourth-order valence-electron chi connectivity index (χ4n) is 2.07. The molecule has 0 atom stereocenters. The normalized spacial score (nSPS) is 10.7. The number of carbonyl (C=O) groups excluding carboxylic acids is 1. The van der Waals surface area contributed by atoms with Gasteiger partial charge in [-0.05, 0) is 30.3 Å². The van der Waals surface area contributed by atoms with E-state index in [1.807, 2.05) is 0 Å². The smallest absolute Gasteiger partial charge is 0.364 e. The molecule has 0 bridgehead atoms. The van der Waals surface area contributed by atoms with E-state index in [0.717, 1.165) is 0 Å². The Bertz CT molecular complexity index is 981. The predicted octanol–water partition coefficient (Wildman–Crippen LogP) is 4.06. The van der Waals surface area contributed by atoms with Crippen molar-refractivity contribution in [2.45, 2.75) is 0 Å². The molecule has 0 unspecified atom stereocenters. The Morgan fingerprint density at radius 2 is 1.83 bits per heavy atom. The molecule has 0 aliphatic heterocycles. The number of para-hydroxylation sites is 1. The second-order valence-electron chi connectivity index (χ2n) is 4.69. The summed E-state index contributed by atoms with van der Waals surface area (Å²) in [4.78, 5) is 24.2. The Kier molecular flexibility index (Phi) is 3.98. The van der Waals surface area contributed by atoms with Crippen LogP contribution in [-0.2, 0) is 0 Å². The molecule has 3 aromatic rings. The van der Waals surface area contributed by atoms with Crippen molar-refractivity contribution in [2.24, 2.45) is 0 Å². The van der Waals surface area contributed by atoms with Gasteiger partial charge >= 0.3 is 5.63 Å². The third kappa shape index (κ3) is 2.88. The molecule has 0 aliphatic rings. The maximum absolute atomic E-state index is 12.2. The first-order valence-corrected chi connectivity index (χ1v) is 7.24. The fraction of sp³-hybridized carbons (Fsp3) is 0. The highest BCUT2D eigenvalue weighted by Gasteiger charge is 2.17. The molecule has 1 amide bonds. The van der Waals surface area contributed by atoms with Gasteiger partial charge in [0.05, 0.1) is 15.4 Å². The van der Waals surface area contributed by atoms with Crippen molar-refractivity contribution >= 4 is 45.8 Å². The Morgan fingerprint density at radius 3 is 2.57 bits per heavy atom. The molecule has 0 aliphatic carbocycles. The monoisotopic (exact) mass is 349 g/mol. The summed E-state index contributed by atoms with van der Waals surface area (Å²) < 4.78 is 5.08. The third-order valence-electron chi connectivity index (χ3n) is 3.21. The van der Waals surface area contributed by atoms with E-state index in [4.69, 9.17) is 27.6 Å². The van der Waals surface area contributed by atoms with Gasteiger partial charge in [-0.1, -0.05) is 35.3 Å². The molecule has 1 aromatic heterocycles. The van der Waals surface area contributed by atoms with Crippen molar-refractivity contribution in [3.63, 3.8) is 0 Å². The third-order valence-corrected chi connectivity index (χ3v) is 3.95. The summed E-state index contributed by atoms with van der Waals surface area (Å²) in [6.07, 6.45) is 0. The lowest BCUT2D eigenvalue weighted by atomic mass is 10.2. The summed E-state index contributed by atoms with van der Waals surface area (Å²) in [5.41, 5.74) is -0.775. The largest absolute Gasteiger partial charge is 0.505 e. The average molecular weight is 350 g/mol. The lowest BCUT2D eigenvalue weighted by molar-refractivity contribution is 0.102. The first kappa shape index (κ1) is 15.4. The van der Waals surface area contributed by atoms with Crippen LogP contribution in [0.25, 0.3) is 11.0 Å². The Hall–Kier alpha value is -2.50. The van der Waals surface area contributed by atoms with Crippen molar-refractivity contribution in [1.29, 1.82) is 0 Å². The van der Waals surface area contributed by atoms with Gasteiger partial charge in [-0.3, -0.25) is 4.79 Å². The zero-order valence-electron chi connectivity index (χ0n) is 11.5. The van der Waals surface area contributed by atoms with Gasteiger partial charge in [0.1, 0.15) is 5.58 Å². The van der Waals surface area contributed by atoms with Gasteiger partial charge in [-0.2, -0.15) is 0 Å². The summed E-state index contributed by atoms with van der Waals surface area (Å²) in [5.74, 6) is -0.980. The van der Waals surface area contributed by atoms with Crippen LogP contribution in [-0.4, -0.2) is 11.0 Å². The highest BCUT2D eigenvalue weighted by Crippen LogP contribution is 2.30. The van der Waals surface area contributed by atoms with Crippen LogP contribution in [0.5, 0.6) is 5.75 Å². The minimum Gasteiger partial charge on any atom is -0.505 e. The van der Waals surface area contributed by atoms with Gasteiger partial charge in [0, 0.05) is 5.56 Å². The van der Waals surface area contributed by atoms with Gasteiger partial charge in [0.2, 0.25) is 0 Å². The molecule has 1 heterocycles. The number of benzene rings is 2. The molecule has 2 aromatic carbocycles. The molecule has 0 fully saturated rings. The number of aromatic hydroxyl groups is 1. The van der Waals surface area contributed by atoms with Crippen LogP contribution in [0.2, 0.25) is 10.0 Å². The summed E-state index contributed by atoms with van der Waals surface area (Å²) in [5, 5.41) is 13.4. The molecule has 0 saturated heterocycles. The van der Waals surface area contributed by atoms with Crippen LogP contribution in [0.1, 0.15) is 10.4 Å². The summed E-state index contributed by atoms with van der Waals surface area (Å²) in [7, 11) is 0. The number of amides is 1. The molecular formula is C16H9Cl2NO4. The van der Waals surface area contributed by atoms with Crippen LogP contribution >= 0.6 is 23.2 Å². The van der Waals surface area contributed by atoms with Crippen LogP contribution in [0.3, 0.4) is 0 Å². The quantitative estimate of drug-likeness (QED) is 0.683. The van der Waals surface area contributed by atoms with E-state index in [1.54, 1.807) is 24.3 Å². The van der Waals surface area contributed by atoms with Crippen LogP contribution in [0, 0.1) is 0 Å². The zero-order chi connectivity index (χ0) is 16.6. The Morgan fingerprint density at radius 1 is 1.09 bits per heavy atom. The van der Waals surface area contributed by atoms with E-state index in [2.05, 4.69) is 5.32 Å². The summed E-state index contributed by atoms with van der Waals surface area (Å²) in [6, 6.07) is 10.7. The van der Waals surface area contributed by atoms with Crippen LogP contribution < -0.4 is 10.9 Å². The molecule has 7 heteroatoms. The van der Waals surface area contributed by atoms with Gasteiger partial charge in [0.25, 0.3) is 5.91 Å². The maximum atomic E-state index is 12.2. The van der Waals surface area contributed by atoms with E-state index in [-0.39, 0.29) is 27.6 Å². The summed E-state index contributed by atoms with van der Waals surface area (Å²) in [6.45, 7) is 0. The number of nitrogens with one attached hydrogen (secondary N) is 1. The molecule has 3 rings (SSSR count). The van der Waals surface area contributed by atoms with Crippen LogP contribution in [0.15, 0.2) is 51.7 Å². The van der Waals surface area contributed by atoms with Gasteiger partial charge < -0.3 is 14.8 Å². The Balaban J connectivity index is 2.02. The number of fused-ring (bicyclic) bond motifs is 1. The van der Waals surface area contributed by atoms with Crippen molar-refractivity contribution in [2.75, 3.05) is 5.32 Å². The molecule has 0 radical (unpaired) electrons. The maximum Gasteiger partial charge on any atom is 0.364 e. The second-order valence-corrected chi connectivity index (χ2v) is 5.51. The molecule has 0 saturated carbocycles. The van der Waals surface area contributed by atoms with E-state index >= 15 is 0 Å². The minimum atomic E-state index is -0.852. The van der Waals surface area contributed by atoms with E-state index in [9.17, 15) is 14.7 Å². The minimum absolute atomic E-state index is 0.186. The van der Waals surface area contributed by atoms with Gasteiger partial charge in [-0.25, -0.2) is 4.79 Å². The van der Waals surface area contributed by atoms with Gasteiger partial charge in [-0.15, -0.1) is 0 Å². The van der Waals surface area contributed by atoms with Crippen molar-refractivity contribution in [3.05, 3.63) is 68.5 Å². The average Bonchev–Trinajstić information content (AvgIpc) is 2.54. The van der Waals surface area contributed by atoms with E-state index in [0.29, 0.717) is 10.4 Å². The predicted molar refractivity (Wildman–Crippen MR) is 88.6 cm³/mol. The van der Waals surface area contributed by atoms with Crippen molar-refractivity contribution in [1.82, 2.24) is 0 Å². The van der Waals surface area contributed by atoms with Crippen molar-refractivity contribution < 1.29 is 14.3 Å². The highest BCUT2D eigenvalue weighted by molar-refractivity contribution is 6.42. The fourth-order valence-corrected chi connectivity index (χ4v) is 2.36. The number of halogens is 2. The zero-order valence-corrected chi connectivity index (χ0v) is 13.0. The molecule has 0 spiro atoms. The molecular weight excluding hydrogens is 341 g/mol. The van der Waals surface area contributed by atoms with E-state index in [1.165, 1.54) is 18.2 Å². The number of carbonyl (C=O) groups is 1. The standard InChI is InChI=1S/C16H9Cl2NO4/c17-10-6-5-8(7-11(10)18)15(21)19-13-14(20)9-3-1-2-4-12(9)23-16(13)22/h1-7,20H,(H,19,21). The molecule has 23 heavy (non-hydrogen) atoms. The first-order valence-electron chi connectivity index (χ1n) is 6.48. The summed E-state index contributed by atoms with van der Waals surface area (Å²) >= 11 is 11.7. The number of hydrogen-bond acceptors (Lipinski definition) is 4. The number of rotatable bonds is 2. The lowest BCUT2D eigenvalue weighted by Crippen LogP contribution is -2.18. The van der Waals surface area contributed by atoms with Crippen LogP contribution in [0.4, 0.5) is 5.69 Å². The second kappa shape index (κ2) is 5.95. The first-order chi connectivity index (χ1) is 11.0. The topological polar surface area (TPSA) is 79.5 Å². The highest BCUT2D eigenvalue weighted by atomic mass is 35.5. The molecule has 5 nitrogen and oxygen atoms in total. The van der Waals surface area contributed by atoms with E-state index < -0.39 is 11.5 Å². The Labute approximate surface area is 140 Å². The molecule has 2 N–H and O–H groups in total. The van der Waals surface area contributed by atoms with Crippen molar-refractivity contribution in [3.8, 4) is 5.75 Å². The molecule has 116 valence electrons. The SMILES string of the molecule is O=C(Nc1c(O)c2ccccc2oc1=O)c1ccc(Cl)c(Cl)c1. The number of hydrogen-bond donors (Lipinski definition) is 2. The lowest BCUT2D eigenvalue weighted by Gasteiger charge is -2.08. The number of anilines is 1.